The number of hydrogen-bond acceptors (Lipinski definition) is 4. The summed E-state index contributed by atoms with van der Waals surface area (Å²) in [7, 11) is 0. The molecule has 0 unspecified atom stereocenters. The first-order valence-electron chi connectivity index (χ1n) is 9.55. The third kappa shape index (κ3) is 6.17. The number of aromatic hydroxyl groups is 2. The molecule has 10 heteroatoms. The van der Waals surface area contributed by atoms with E-state index < -0.39 is 0 Å². The molecule has 0 aromatic heterocycles. The van der Waals surface area contributed by atoms with E-state index in [1.165, 1.54) is 24.3 Å². The molecule has 0 saturated heterocycles. The number of benzene rings is 2. The minimum absolute atomic E-state index is 0.0653. The zero-order valence-electron chi connectivity index (χ0n) is 17.0. The van der Waals surface area contributed by atoms with Crippen LogP contribution in [0.15, 0.2) is 68.7 Å². The summed E-state index contributed by atoms with van der Waals surface area (Å²) >= 11 is 29.8. The van der Waals surface area contributed by atoms with E-state index in [-0.39, 0.29) is 44.2 Å². The van der Waals surface area contributed by atoms with Crippen LogP contribution < -0.4 is 0 Å². The molecule has 0 heterocycles. The lowest BCUT2D eigenvalue weighted by atomic mass is 10.0. The van der Waals surface area contributed by atoms with E-state index in [4.69, 9.17) is 46.4 Å². The molecular formula is C24H14Br2Cl4O4. The van der Waals surface area contributed by atoms with E-state index in [2.05, 4.69) is 31.9 Å². The van der Waals surface area contributed by atoms with Crippen LogP contribution in [-0.2, 0) is 0 Å². The van der Waals surface area contributed by atoms with Gasteiger partial charge >= 0.3 is 0 Å². The van der Waals surface area contributed by atoms with Gasteiger partial charge < -0.3 is 10.2 Å². The van der Waals surface area contributed by atoms with E-state index >= 15 is 0 Å². The molecule has 2 aliphatic carbocycles. The molecule has 2 N–H and O–H groups in total. The van der Waals surface area contributed by atoms with Crippen LogP contribution in [0.4, 0.5) is 0 Å². The molecule has 0 spiro atoms. The predicted molar refractivity (Wildman–Crippen MR) is 144 cm³/mol. The fraction of sp³-hybridized carbons (Fsp3) is 0.0833. The van der Waals surface area contributed by atoms with E-state index in [0.717, 1.165) is 8.96 Å². The molecule has 0 aliphatic heterocycles. The number of allylic oxidation sites excluding steroid dienone is 8. The van der Waals surface area contributed by atoms with E-state index in [9.17, 15) is 19.8 Å². The highest BCUT2D eigenvalue weighted by Gasteiger charge is 2.23. The second-order valence-electron chi connectivity index (χ2n) is 7.15. The van der Waals surface area contributed by atoms with Crippen molar-refractivity contribution in [3.63, 3.8) is 0 Å². The number of hydrogen-bond donors (Lipinski definition) is 2. The van der Waals surface area contributed by atoms with Crippen molar-refractivity contribution in [1.29, 1.82) is 0 Å². The Morgan fingerprint density at radius 3 is 1.71 bits per heavy atom. The molecule has 176 valence electrons. The maximum Gasteiger partial charge on any atom is 0.193 e. The van der Waals surface area contributed by atoms with Gasteiger partial charge in [0.05, 0.1) is 21.2 Å². The van der Waals surface area contributed by atoms with Crippen LogP contribution >= 0.6 is 78.3 Å². The van der Waals surface area contributed by atoms with Crippen molar-refractivity contribution in [3.05, 3.63) is 99.9 Å². The Kier molecular flexibility index (Phi) is 9.12. The molecule has 0 atom stereocenters. The summed E-state index contributed by atoms with van der Waals surface area (Å²) in [5.41, 5.74) is 1.43. The second kappa shape index (κ2) is 11.5. The summed E-state index contributed by atoms with van der Waals surface area (Å²) in [6, 6.07) is 5.62. The molecule has 34 heavy (non-hydrogen) atoms. The van der Waals surface area contributed by atoms with Gasteiger partial charge in [-0.25, -0.2) is 0 Å². The van der Waals surface area contributed by atoms with Gasteiger partial charge in [-0.3, -0.25) is 9.59 Å². The first-order chi connectivity index (χ1) is 16.0. The molecule has 2 aliphatic rings. The SMILES string of the molecule is O=C(C1=CC(Br)=C(Br)C1)c1cc(Cl)cc(Cl)c1O.O=C(C1=CC=CC1)c1cc(Cl)cc(Cl)c1O. The van der Waals surface area contributed by atoms with Gasteiger partial charge in [0.15, 0.2) is 11.6 Å². The van der Waals surface area contributed by atoms with Crippen LogP contribution in [-0.4, -0.2) is 21.8 Å². The van der Waals surface area contributed by atoms with Gasteiger partial charge in [0.1, 0.15) is 11.5 Å². The quantitative estimate of drug-likeness (QED) is 0.319. The van der Waals surface area contributed by atoms with E-state index in [0.29, 0.717) is 34.0 Å². The Balaban J connectivity index is 0.000000192. The Bertz CT molecular complexity index is 1330. The predicted octanol–water partition coefficient (Wildman–Crippen LogP) is 8.98. The molecule has 2 aromatic carbocycles. The molecule has 4 rings (SSSR count). The van der Waals surface area contributed by atoms with Gasteiger partial charge in [0.2, 0.25) is 0 Å². The molecule has 0 saturated carbocycles. The maximum atomic E-state index is 12.2. The monoisotopic (exact) mass is 664 g/mol. The average Bonchev–Trinajstić information content (AvgIpc) is 3.43. The first-order valence-corrected chi connectivity index (χ1v) is 12.6. The highest BCUT2D eigenvalue weighted by Crippen LogP contribution is 2.38. The van der Waals surface area contributed by atoms with Gasteiger partial charge in [-0.1, -0.05) is 80.6 Å². The minimum Gasteiger partial charge on any atom is -0.506 e. The average molecular weight is 668 g/mol. The van der Waals surface area contributed by atoms with Gasteiger partial charge in [-0.05, 0) is 52.7 Å². The number of Topliss-reactive ketones (excluding diaryl/α,β-unsaturated/α-hetero) is 2. The summed E-state index contributed by atoms with van der Waals surface area (Å²) in [4.78, 5) is 24.2. The van der Waals surface area contributed by atoms with Crippen LogP contribution in [0.1, 0.15) is 33.6 Å². The van der Waals surface area contributed by atoms with Gasteiger partial charge in [0.25, 0.3) is 0 Å². The minimum atomic E-state index is -0.289. The zero-order chi connectivity index (χ0) is 25.2. The van der Waals surface area contributed by atoms with Crippen molar-refractivity contribution in [2.24, 2.45) is 0 Å². The fourth-order valence-corrected chi connectivity index (χ4v) is 4.94. The third-order valence-corrected chi connectivity index (χ3v) is 7.77. The molecule has 0 radical (unpaired) electrons. The second-order valence-corrected chi connectivity index (χ2v) is 10.6. The summed E-state index contributed by atoms with van der Waals surface area (Å²) in [5, 5.41) is 20.3. The normalized spacial score (nSPS) is 14.5. The molecule has 4 nitrogen and oxygen atoms in total. The topological polar surface area (TPSA) is 74.6 Å². The Hall–Kier alpha value is -1.54. The Morgan fingerprint density at radius 1 is 0.794 bits per heavy atom. The molecular weight excluding hydrogens is 654 g/mol. The lowest BCUT2D eigenvalue weighted by Gasteiger charge is -2.07. The van der Waals surface area contributed by atoms with Crippen LogP contribution in [0.2, 0.25) is 20.1 Å². The van der Waals surface area contributed by atoms with Crippen molar-refractivity contribution in [2.75, 3.05) is 0 Å². The smallest absolute Gasteiger partial charge is 0.193 e. The summed E-state index contributed by atoms with van der Waals surface area (Å²) < 4.78 is 1.71. The van der Waals surface area contributed by atoms with Crippen molar-refractivity contribution in [1.82, 2.24) is 0 Å². The number of rotatable bonds is 4. The maximum absolute atomic E-state index is 12.2. The number of phenols is 2. The molecule has 0 amide bonds. The fourth-order valence-electron chi connectivity index (χ4n) is 3.12. The zero-order valence-corrected chi connectivity index (χ0v) is 23.2. The van der Waals surface area contributed by atoms with Crippen molar-refractivity contribution >= 4 is 89.8 Å². The highest BCUT2D eigenvalue weighted by atomic mass is 79.9. The van der Waals surface area contributed by atoms with Crippen molar-refractivity contribution < 1.29 is 19.8 Å². The van der Waals surface area contributed by atoms with Crippen LogP contribution in [0.5, 0.6) is 11.5 Å². The van der Waals surface area contributed by atoms with Gasteiger partial charge in [0, 0.05) is 36.6 Å². The number of phenolic OH excluding ortho intramolecular Hbond substituents is 2. The number of halogens is 6. The molecule has 0 bridgehead atoms. The number of carbonyl (C=O) groups excluding carboxylic acids is 2. The van der Waals surface area contributed by atoms with E-state index in [1.807, 2.05) is 6.08 Å². The summed E-state index contributed by atoms with van der Waals surface area (Å²) in [6.45, 7) is 0. The molecule has 0 fully saturated rings. The van der Waals surface area contributed by atoms with Crippen molar-refractivity contribution in [2.45, 2.75) is 12.8 Å². The first kappa shape index (κ1) is 27.1. The lowest BCUT2D eigenvalue weighted by molar-refractivity contribution is 0.102. The van der Waals surface area contributed by atoms with Crippen LogP contribution in [0.3, 0.4) is 0 Å². The highest BCUT2D eigenvalue weighted by molar-refractivity contribution is 9.14. The van der Waals surface area contributed by atoms with Gasteiger partial charge in [-0.15, -0.1) is 0 Å². The molecule has 2 aromatic rings. The van der Waals surface area contributed by atoms with Crippen molar-refractivity contribution in [3.8, 4) is 11.5 Å². The Morgan fingerprint density at radius 2 is 1.29 bits per heavy atom. The summed E-state index contributed by atoms with van der Waals surface area (Å²) in [6.07, 6.45) is 8.15. The van der Waals surface area contributed by atoms with Crippen LogP contribution in [0, 0.1) is 0 Å². The number of carbonyl (C=O) groups is 2. The lowest BCUT2D eigenvalue weighted by Crippen LogP contribution is -2.03. The van der Waals surface area contributed by atoms with Gasteiger partial charge in [-0.2, -0.15) is 0 Å². The Labute approximate surface area is 232 Å². The van der Waals surface area contributed by atoms with Crippen LogP contribution in [0.25, 0.3) is 0 Å². The number of ketones is 2. The third-order valence-electron chi connectivity index (χ3n) is 4.81. The summed E-state index contributed by atoms with van der Waals surface area (Å²) in [5.74, 6) is -0.995. The standard InChI is InChI=1S/C12H6Br2Cl2O2.C12H8Cl2O2/c13-8-1-5(2-9(8)14)11(17)7-3-6(15)4-10(16)12(7)18;13-8-5-9(12(16)10(14)6-8)11(15)7-3-1-2-4-7/h1,3-4,18H,2H2;1-3,5-6,16H,4H2. The largest absolute Gasteiger partial charge is 0.506 e. The van der Waals surface area contributed by atoms with E-state index in [1.54, 1.807) is 18.2 Å².